The van der Waals surface area contributed by atoms with Gasteiger partial charge in [-0.15, -0.1) is 0 Å². The van der Waals surface area contributed by atoms with E-state index in [2.05, 4.69) is 5.32 Å². The van der Waals surface area contributed by atoms with Gasteiger partial charge in [0, 0.05) is 5.56 Å². The predicted octanol–water partition coefficient (Wildman–Crippen LogP) is 3.78. The van der Waals surface area contributed by atoms with Gasteiger partial charge in [0.25, 0.3) is 5.91 Å². The van der Waals surface area contributed by atoms with Crippen molar-refractivity contribution in [1.29, 1.82) is 0 Å². The largest absolute Gasteiger partial charge is 0.461 e. The number of carbonyl (C=O) groups excluding carboxylic acids is 2. The summed E-state index contributed by atoms with van der Waals surface area (Å²) in [5, 5.41) is 2.66. The molecule has 0 fully saturated rings. The molecule has 1 aliphatic rings. The minimum Gasteiger partial charge on any atom is -0.461 e. The van der Waals surface area contributed by atoms with Crippen LogP contribution in [0.3, 0.4) is 0 Å². The minimum atomic E-state index is -0.581. The molecule has 1 aliphatic heterocycles. The molecule has 0 aliphatic carbocycles. The highest BCUT2D eigenvalue weighted by Crippen LogP contribution is 2.33. The van der Waals surface area contributed by atoms with Gasteiger partial charge in [-0.25, -0.2) is 4.79 Å². The standard InChI is InChI=1S/C22H23NO5/c1-15(2)10-11-26-22(25)18(23-21(24)17-6-4-3-5-7-17)12-16-8-9-19-20(13-16)28-14-27-19/h3-9,12-13,15H,10-11,14H2,1-2H3,(H,23,24)/b18-12-. The van der Waals surface area contributed by atoms with Crippen LogP contribution in [-0.2, 0) is 9.53 Å². The van der Waals surface area contributed by atoms with E-state index in [4.69, 9.17) is 14.2 Å². The molecule has 2 aromatic carbocycles. The topological polar surface area (TPSA) is 73.9 Å². The molecule has 0 spiro atoms. The smallest absolute Gasteiger partial charge is 0.354 e. The van der Waals surface area contributed by atoms with Gasteiger partial charge in [-0.1, -0.05) is 38.1 Å². The van der Waals surface area contributed by atoms with Crippen molar-refractivity contribution in [2.45, 2.75) is 20.3 Å². The van der Waals surface area contributed by atoms with Crippen molar-refractivity contribution in [2.75, 3.05) is 13.4 Å². The molecule has 0 aromatic heterocycles. The van der Waals surface area contributed by atoms with E-state index in [0.717, 1.165) is 6.42 Å². The summed E-state index contributed by atoms with van der Waals surface area (Å²) in [5.74, 6) is 0.686. The summed E-state index contributed by atoms with van der Waals surface area (Å²) in [7, 11) is 0. The van der Waals surface area contributed by atoms with E-state index < -0.39 is 5.97 Å². The second-order valence-corrected chi connectivity index (χ2v) is 6.81. The molecule has 1 heterocycles. The van der Waals surface area contributed by atoms with Crippen molar-refractivity contribution >= 4 is 18.0 Å². The second kappa shape index (κ2) is 9.08. The molecule has 2 aromatic rings. The summed E-state index contributed by atoms with van der Waals surface area (Å²) in [5.41, 5.74) is 1.21. The lowest BCUT2D eigenvalue weighted by Crippen LogP contribution is -2.28. The Hall–Kier alpha value is -3.28. The summed E-state index contributed by atoms with van der Waals surface area (Å²) in [6.07, 6.45) is 2.32. The molecule has 3 rings (SSSR count). The van der Waals surface area contributed by atoms with Gasteiger partial charge in [-0.05, 0) is 48.2 Å². The third-order valence-electron chi connectivity index (χ3n) is 4.14. The second-order valence-electron chi connectivity index (χ2n) is 6.81. The number of hydrogen-bond acceptors (Lipinski definition) is 5. The molecule has 1 N–H and O–H groups in total. The van der Waals surface area contributed by atoms with E-state index in [1.54, 1.807) is 48.5 Å². The molecule has 0 atom stereocenters. The van der Waals surface area contributed by atoms with Crippen molar-refractivity contribution in [2.24, 2.45) is 5.92 Å². The van der Waals surface area contributed by atoms with Gasteiger partial charge >= 0.3 is 5.97 Å². The summed E-state index contributed by atoms with van der Waals surface area (Å²) in [4.78, 5) is 25.1. The molecule has 6 nitrogen and oxygen atoms in total. The number of hydrogen-bond donors (Lipinski definition) is 1. The zero-order valence-corrected chi connectivity index (χ0v) is 15.9. The van der Waals surface area contributed by atoms with Gasteiger partial charge in [0.2, 0.25) is 6.79 Å². The number of amides is 1. The normalized spacial score (nSPS) is 12.8. The number of fused-ring (bicyclic) bond motifs is 1. The predicted molar refractivity (Wildman–Crippen MR) is 105 cm³/mol. The number of nitrogens with one attached hydrogen (secondary N) is 1. The first-order valence-electron chi connectivity index (χ1n) is 9.18. The Morgan fingerprint density at radius 1 is 1.11 bits per heavy atom. The van der Waals surface area contributed by atoms with Gasteiger partial charge in [-0.3, -0.25) is 4.79 Å². The molecular formula is C22H23NO5. The van der Waals surface area contributed by atoms with Crippen LogP contribution in [0.5, 0.6) is 11.5 Å². The van der Waals surface area contributed by atoms with Crippen LogP contribution in [0.15, 0.2) is 54.2 Å². The third-order valence-corrected chi connectivity index (χ3v) is 4.14. The summed E-state index contributed by atoms with van der Waals surface area (Å²) in [6.45, 7) is 4.55. The lowest BCUT2D eigenvalue weighted by molar-refractivity contribution is -0.139. The first-order valence-corrected chi connectivity index (χ1v) is 9.18. The van der Waals surface area contributed by atoms with E-state index in [-0.39, 0.29) is 25.0 Å². The lowest BCUT2D eigenvalue weighted by Gasteiger charge is -2.11. The lowest BCUT2D eigenvalue weighted by atomic mass is 10.1. The fourth-order valence-corrected chi connectivity index (χ4v) is 2.56. The Kier molecular flexibility index (Phi) is 6.32. The highest BCUT2D eigenvalue weighted by Gasteiger charge is 2.18. The molecule has 1 amide bonds. The fraction of sp³-hybridized carbons (Fsp3) is 0.273. The van der Waals surface area contributed by atoms with Gasteiger partial charge in [-0.2, -0.15) is 0 Å². The van der Waals surface area contributed by atoms with E-state index in [1.807, 2.05) is 19.9 Å². The summed E-state index contributed by atoms with van der Waals surface area (Å²) < 4.78 is 16.0. The minimum absolute atomic E-state index is 0.0662. The van der Waals surface area contributed by atoms with Crippen LogP contribution in [0.25, 0.3) is 6.08 Å². The number of benzene rings is 2. The molecule has 6 heteroatoms. The molecule has 0 unspecified atom stereocenters. The van der Waals surface area contributed by atoms with Crippen LogP contribution in [0, 0.1) is 5.92 Å². The number of esters is 1. The monoisotopic (exact) mass is 381 g/mol. The van der Waals surface area contributed by atoms with E-state index >= 15 is 0 Å². The van der Waals surface area contributed by atoms with Crippen molar-refractivity contribution in [3.63, 3.8) is 0 Å². The Morgan fingerprint density at radius 2 is 1.86 bits per heavy atom. The Labute approximate surface area is 164 Å². The van der Waals surface area contributed by atoms with Crippen LogP contribution in [-0.4, -0.2) is 25.3 Å². The van der Waals surface area contributed by atoms with Crippen LogP contribution in [0.1, 0.15) is 36.2 Å². The zero-order chi connectivity index (χ0) is 19.9. The summed E-state index contributed by atoms with van der Waals surface area (Å²) >= 11 is 0. The molecule has 0 radical (unpaired) electrons. The van der Waals surface area contributed by atoms with Gasteiger partial charge < -0.3 is 19.5 Å². The average molecular weight is 381 g/mol. The van der Waals surface area contributed by atoms with Crippen molar-refractivity contribution in [3.05, 3.63) is 65.4 Å². The fourth-order valence-electron chi connectivity index (χ4n) is 2.56. The zero-order valence-electron chi connectivity index (χ0n) is 15.9. The first kappa shape index (κ1) is 19.5. The Morgan fingerprint density at radius 3 is 2.61 bits per heavy atom. The Bertz CT molecular complexity index is 874. The van der Waals surface area contributed by atoms with E-state index in [9.17, 15) is 9.59 Å². The third kappa shape index (κ3) is 5.13. The average Bonchev–Trinajstić information content (AvgIpc) is 3.15. The van der Waals surface area contributed by atoms with Gasteiger partial charge in [0.05, 0.1) is 6.61 Å². The highest BCUT2D eigenvalue weighted by atomic mass is 16.7. The van der Waals surface area contributed by atoms with Gasteiger partial charge in [0.1, 0.15) is 5.70 Å². The number of rotatable bonds is 7. The summed E-state index contributed by atoms with van der Waals surface area (Å²) in [6, 6.07) is 14.0. The van der Waals surface area contributed by atoms with Crippen LogP contribution in [0.4, 0.5) is 0 Å². The van der Waals surface area contributed by atoms with Crippen LogP contribution >= 0.6 is 0 Å². The number of carbonyl (C=O) groups is 2. The maximum Gasteiger partial charge on any atom is 0.354 e. The van der Waals surface area contributed by atoms with Crippen LogP contribution in [0.2, 0.25) is 0 Å². The van der Waals surface area contributed by atoms with Crippen LogP contribution < -0.4 is 14.8 Å². The van der Waals surface area contributed by atoms with E-state index in [0.29, 0.717) is 28.5 Å². The molecular weight excluding hydrogens is 358 g/mol. The van der Waals surface area contributed by atoms with Crippen molar-refractivity contribution in [1.82, 2.24) is 5.32 Å². The first-order chi connectivity index (χ1) is 13.5. The maximum absolute atomic E-state index is 12.6. The highest BCUT2D eigenvalue weighted by molar-refractivity contribution is 6.03. The quantitative estimate of drug-likeness (QED) is 0.584. The van der Waals surface area contributed by atoms with Crippen molar-refractivity contribution in [3.8, 4) is 11.5 Å². The number of ether oxygens (including phenoxy) is 3. The maximum atomic E-state index is 12.6. The molecule has 28 heavy (non-hydrogen) atoms. The molecule has 0 saturated heterocycles. The molecule has 0 saturated carbocycles. The molecule has 0 bridgehead atoms. The van der Waals surface area contributed by atoms with E-state index in [1.165, 1.54) is 0 Å². The van der Waals surface area contributed by atoms with Gasteiger partial charge in [0.15, 0.2) is 11.5 Å². The van der Waals surface area contributed by atoms with Crippen molar-refractivity contribution < 1.29 is 23.8 Å². The molecule has 146 valence electrons. The Balaban J connectivity index is 1.81. The SMILES string of the molecule is CC(C)CCOC(=O)/C(=C/c1ccc2c(c1)OCO2)NC(=O)c1ccccc1.